The summed E-state index contributed by atoms with van der Waals surface area (Å²) < 4.78 is 20.1. The molecule has 1 aromatic heterocycles. The summed E-state index contributed by atoms with van der Waals surface area (Å²) in [4.78, 5) is 12.0. The lowest BCUT2D eigenvalue weighted by atomic mass is 10.2. The fourth-order valence-electron chi connectivity index (χ4n) is 2.34. The standard InChI is InChI=1S/C20H12BrCl2FN2O2S/c21-11-4-7-16(15(24)10-11)25-20(29)26-18(27)9-6-12-5-8-17(28-12)13-2-1-3-14(22)19(13)23/h1-10H,(H2,25,26,27,29). The highest BCUT2D eigenvalue weighted by Gasteiger charge is 2.11. The van der Waals surface area contributed by atoms with Crippen molar-refractivity contribution in [3.05, 3.63) is 80.7 Å². The quantitative estimate of drug-likeness (QED) is 0.301. The minimum Gasteiger partial charge on any atom is -0.457 e. The van der Waals surface area contributed by atoms with Crippen LogP contribution in [0.4, 0.5) is 10.1 Å². The first-order chi connectivity index (χ1) is 13.8. The molecular formula is C20H12BrCl2FN2O2S. The maximum Gasteiger partial charge on any atom is 0.250 e. The van der Waals surface area contributed by atoms with E-state index in [1.165, 1.54) is 24.3 Å². The van der Waals surface area contributed by atoms with Crippen LogP contribution in [0, 0.1) is 5.82 Å². The summed E-state index contributed by atoms with van der Waals surface area (Å²) in [6, 6.07) is 13.1. The Hall–Kier alpha value is -2.19. The van der Waals surface area contributed by atoms with Gasteiger partial charge in [0, 0.05) is 16.1 Å². The van der Waals surface area contributed by atoms with E-state index in [-0.39, 0.29) is 10.8 Å². The highest BCUT2D eigenvalue weighted by molar-refractivity contribution is 9.10. The Morgan fingerprint density at radius 2 is 1.97 bits per heavy atom. The van der Waals surface area contributed by atoms with E-state index in [9.17, 15) is 9.18 Å². The predicted octanol–water partition coefficient (Wildman–Crippen LogP) is 6.68. The zero-order chi connectivity index (χ0) is 21.0. The number of carbonyl (C=O) groups excluding carboxylic acids is 1. The van der Waals surface area contributed by atoms with Crippen molar-refractivity contribution >= 4 is 74.1 Å². The molecular weight excluding hydrogens is 502 g/mol. The average Bonchev–Trinajstić information content (AvgIpc) is 3.13. The molecule has 9 heteroatoms. The number of carbonyl (C=O) groups is 1. The van der Waals surface area contributed by atoms with Gasteiger partial charge in [-0.2, -0.15) is 0 Å². The molecule has 0 saturated heterocycles. The molecule has 148 valence electrons. The van der Waals surface area contributed by atoms with Crippen LogP contribution in [0.2, 0.25) is 10.0 Å². The fraction of sp³-hybridized carbons (Fsp3) is 0. The maximum atomic E-state index is 13.8. The first-order valence-corrected chi connectivity index (χ1v) is 10.1. The molecule has 0 aliphatic rings. The summed E-state index contributed by atoms with van der Waals surface area (Å²) in [6.07, 6.45) is 2.72. The number of rotatable bonds is 4. The Morgan fingerprint density at radius 3 is 2.72 bits per heavy atom. The van der Waals surface area contributed by atoms with Crippen molar-refractivity contribution in [3.8, 4) is 11.3 Å². The molecule has 0 atom stereocenters. The van der Waals surface area contributed by atoms with Gasteiger partial charge in [0.1, 0.15) is 17.3 Å². The molecule has 2 N–H and O–H groups in total. The molecule has 4 nitrogen and oxygen atoms in total. The third-order valence-electron chi connectivity index (χ3n) is 3.66. The van der Waals surface area contributed by atoms with Gasteiger partial charge in [0.2, 0.25) is 5.91 Å². The van der Waals surface area contributed by atoms with Crippen LogP contribution in [-0.2, 0) is 4.79 Å². The molecule has 0 aliphatic heterocycles. The number of thiocarbonyl (C=S) groups is 1. The van der Waals surface area contributed by atoms with Crippen LogP contribution in [0.15, 0.2) is 63.5 Å². The number of furan rings is 1. The van der Waals surface area contributed by atoms with E-state index in [2.05, 4.69) is 26.6 Å². The van der Waals surface area contributed by atoms with Crippen LogP contribution < -0.4 is 10.6 Å². The number of hydrogen-bond donors (Lipinski definition) is 2. The van der Waals surface area contributed by atoms with Crippen molar-refractivity contribution in [2.75, 3.05) is 5.32 Å². The zero-order valence-electron chi connectivity index (χ0n) is 14.5. The molecule has 0 spiro atoms. The summed E-state index contributed by atoms with van der Waals surface area (Å²) >= 11 is 20.4. The number of hydrogen-bond acceptors (Lipinski definition) is 3. The first kappa shape index (κ1) is 21.5. The number of anilines is 1. The number of benzene rings is 2. The van der Waals surface area contributed by atoms with Crippen molar-refractivity contribution in [1.29, 1.82) is 0 Å². The van der Waals surface area contributed by atoms with E-state index >= 15 is 0 Å². The van der Waals surface area contributed by atoms with Crippen molar-refractivity contribution in [3.63, 3.8) is 0 Å². The van der Waals surface area contributed by atoms with Gasteiger partial charge in [-0.3, -0.25) is 10.1 Å². The van der Waals surface area contributed by atoms with Crippen LogP contribution in [0.5, 0.6) is 0 Å². The molecule has 1 heterocycles. The predicted molar refractivity (Wildman–Crippen MR) is 122 cm³/mol. The molecule has 3 aromatic rings. The van der Waals surface area contributed by atoms with E-state index in [0.29, 0.717) is 31.6 Å². The van der Waals surface area contributed by atoms with Crippen molar-refractivity contribution in [1.82, 2.24) is 5.32 Å². The third-order valence-corrected chi connectivity index (χ3v) is 5.18. The largest absolute Gasteiger partial charge is 0.457 e. The molecule has 0 fully saturated rings. The summed E-state index contributed by atoms with van der Waals surface area (Å²) in [5, 5.41) is 5.82. The van der Waals surface area contributed by atoms with Gasteiger partial charge in [0.15, 0.2) is 5.11 Å². The van der Waals surface area contributed by atoms with E-state index in [1.54, 1.807) is 36.4 Å². The molecule has 0 aliphatic carbocycles. The summed E-state index contributed by atoms with van der Waals surface area (Å²) in [6.45, 7) is 0. The van der Waals surface area contributed by atoms with Crippen molar-refractivity contribution in [2.45, 2.75) is 0 Å². The molecule has 29 heavy (non-hydrogen) atoms. The van der Waals surface area contributed by atoms with Gasteiger partial charge >= 0.3 is 0 Å². The number of nitrogens with one attached hydrogen (secondary N) is 2. The van der Waals surface area contributed by atoms with E-state index < -0.39 is 11.7 Å². The average molecular weight is 514 g/mol. The van der Waals surface area contributed by atoms with Gasteiger partial charge in [0.25, 0.3) is 0 Å². The summed E-state index contributed by atoms with van der Waals surface area (Å²) in [5.41, 5.74) is 0.793. The number of amides is 1. The maximum absolute atomic E-state index is 13.8. The molecule has 2 aromatic carbocycles. The van der Waals surface area contributed by atoms with Gasteiger partial charge in [-0.1, -0.05) is 45.2 Å². The topological polar surface area (TPSA) is 54.3 Å². The minimum atomic E-state index is -0.505. The minimum absolute atomic E-state index is 0.0354. The Bertz CT molecular complexity index is 1120. The van der Waals surface area contributed by atoms with E-state index in [4.69, 9.17) is 39.8 Å². The molecule has 0 unspecified atom stereocenters. The SMILES string of the molecule is O=C(C=Cc1ccc(-c2cccc(Cl)c2Cl)o1)NC(=S)Nc1ccc(Br)cc1F. The monoisotopic (exact) mass is 512 g/mol. The molecule has 3 rings (SSSR count). The Morgan fingerprint density at radius 1 is 1.17 bits per heavy atom. The van der Waals surface area contributed by atoms with Crippen LogP contribution in [-0.4, -0.2) is 11.0 Å². The fourth-order valence-corrected chi connectivity index (χ4v) is 3.27. The van der Waals surface area contributed by atoms with Gasteiger partial charge in [-0.25, -0.2) is 4.39 Å². The Kier molecular flexibility index (Phi) is 7.08. The molecule has 0 radical (unpaired) electrons. The van der Waals surface area contributed by atoms with Gasteiger partial charge in [-0.05, 0) is 60.8 Å². The van der Waals surface area contributed by atoms with Crippen LogP contribution in [0.1, 0.15) is 5.76 Å². The summed E-state index contributed by atoms with van der Waals surface area (Å²) in [7, 11) is 0. The lowest BCUT2D eigenvalue weighted by molar-refractivity contribution is -0.115. The van der Waals surface area contributed by atoms with Crippen molar-refractivity contribution < 1.29 is 13.6 Å². The zero-order valence-corrected chi connectivity index (χ0v) is 18.4. The van der Waals surface area contributed by atoms with Gasteiger partial charge in [-0.15, -0.1) is 0 Å². The Balaban J connectivity index is 1.61. The highest BCUT2D eigenvalue weighted by Crippen LogP contribution is 2.34. The summed E-state index contributed by atoms with van der Waals surface area (Å²) in [5.74, 6) is -0.0578. The molecule has 0 bridgehead atoms. The smallest absolute Gasteiger partial charge is 0.250 e. The molecule has 1 amide bonds. The lowest BCUT2D eigenvalue weighted by Crippen LogP contribution is -2.33. The van der Waals surface area contributed by atoms with Crippen LogP contribution in [0.25, 0.3) is 17.4 Å². The van der Waals surface area contributed by atoms with Gasteiger partial charge < -0.3 is 9.73 Å². The second-order valence-electron chi connectivity index (χ2n) is 5.70. The van der Waals surface area contributed by atoms with E-state index in [0.717, 1.165) is 0 Å². The molecule has 0 saturated carbocycles. The van der Waals surface area contributed by atoms with Crippen LogP contribution >= 0.6 is 51.3 Å². The third kappa shape index (κ3) is 5.67. The first-order valence-electron chi connectivity index (χ1n) is 8.13. The normalized spacial score (nSPS) is 10.9. The highest BCUT2D eigenvalue weighted by atomic mass is 79.9. The second-order valence-corrected chi connectivity index (χ2v) is 7.81. The Labute approximate surface area is 189 Å². The van der Waals surface area contributed by atoms with Crippen LogP contribution in [0.3, 0.4) is 0 Å². The van der Waals surface area contributed by atoms with Gasteiger partial charge in [0.05, 0.1) is 15.7 Å². The van der Waals surface area contributed by atoms with Crippen molar-refractivity contribution in [2.24, 2.45) is 0 Å². The second kappa shape index (κ2) is 9.54. The number of halogens is 4. The lowest BCUT2D eigenvalue weighted by Gasteiger charge is -2.09. The van der Waals surface area contributed by atoms with E-state index in [1.807, 2.05) is 0 Å².